The fraction of sp³-hybridized carbons (Fsp3) is 0.947. The molecule has 0 aromatic carbocycles. The Morgan fingerprint density at radius 1 is 0.870 bits per heavy atom. The fourth-order valence-corrected chi connectivity index (χ4v) is 2.55. The minimum absolute atomic E-state index is 0.238. The van der Waals surface area contributed by atoms with Gasteiger partial charge in [-0.2, -0.15) is 0 Å². The molecule has 0 saturated heterocycles. The van der Waals surface area contributed by atoms with Crippen LogP contribution in [0, 0.1) is 0 Å². The highest BCUT2D eigenvalue weighted by Gasteiger charge is 2.16. The molecule has 0 aliphatic heterocycles. The van der Waals surface area contributed by atoms with Crippen molar-refractivity contribution in [2.75, 3.05) is 13.2 Å². The smallest absolute Gasteiger partial charge is 0.325 e. The maximum absolute atomic E-state index is 11.8. The number of unbranched alkanes of at least 4 members (excludes halogenated alkanes) is 9. The third-order valence-corrected chi connectivity index (χ3v) is 4.02. The standard InChI is InChI=1S/C19H39NO3/c1-5-7-8-9-10-11-12-13-14-15-16-20-17(3)19(21)23-18(4)22-6-2/h17-18,20H,5-16H2,1-4H3. The van der Waals surface area contributed by atoms with Gasteiger partial charge in [-0.15, -0.1) is 0 Å². The van der Waals surface area contributed by atoms with Crippen LogP contribution in [0.4, 0.5) is 0 Å². The van der Waals surface area contributed by atoms with Gasteiger partial charge >= 0.3 is 5.97 Å². The Hall–Kier alpha value is -0.610. The van der Waals surface area contributed by atoms with Gasteiger partial charge in [-0.05, 0) is 33.7 Å². The zero-order valence-corrected chi connectivity index (χ0v) is 15.9. The topological polar surface area (TPSA) is 47.6 Å². The zero-order chi connectivity index (χ0) is 17.3. The largest absolute Gasteiger partial charge is 0.435 e. The monoisotopic (exact) mass is 329 g/mol. The summed E-state index contributed by atoms with van der Waals surface area (Å²) < 4.78 is 10.4. The molecule has 0 saturated carbocycles. The third-order valence-electron chi connectivity index (χ3n) is 4.02. The zero-order valence-electron chi connectivity index (χ0n) is 15.9. The molecule has 23 heavy (non-hydrogen) atoms. The van der Waals surface area contributed by atoms with Crippen LogP contribution < -0.4 is 5.32 Å². The number of hydrogen-bond acceptors (Lipinski definition) is 4. The molecule has 0 aromatic rings. The van der Waals surface area contributed by atoms with Crippen molar-refractivity contribution in [1.29, 1.82) is 0 Å². The van der Waals surface area contributed by atoms with Crippen molar-refractivity contribution in [1.82, 2.24) is 5.32 Å². The Morgan fingerprint density at radius 2 is 1.39 bits per heavy atom. The number of esters is 1. The lowest BCUT2D eigenvalue weighted by atomic mass is 10.1. The quantitative estimate of drug-likeness (QED) is 0.251. The van der Waals surface area contributed by atoms with E-state index in [2.05, 4.69) is 12.2 Å². The lowest BCUT2D eigenvalue weighted by Crippen LogP contribution is -2.37. The summed E-state index contributed by atoms with van der Waals surface area (Å²) in [5.41, 5.74) is 0. The van der Waals surface area contributed by atoms with E-state index in [1.54, 1.807) is 6.92 Å². The van der Waals surface area contributed by atoms with Crippen molar-refractivity contribution >= 4 is 5.97 Å². The minimum Gasteiger partial charge on any atom is -0.435 e. The van der Waals surface area contributed by atoms with E-state index in [9.17, 15) is 4.79 Å². The van der Waals surface area contributed by atoms with E-state index in [0.717, 1.165) is 13.0 Å². The van der Waals surface area contributed by atoms with Crippen LogP contribution in [-0.4, -0.2) is 31.5 Å². The molecule has 138 valence electrons. The first-order valence-corrected chi connectivity index (χ1v) is 9.67. The van der Waals surface area contributed by atoms with Gasteiger partial charge in [0.1, 0.15) is 6.04 Å². The highest BCUT2D eigenvalue weighted by atomic mass is 16.7. The average molecular weight is 330 g/mol. The molecule has 0 amide bonds. The number of rotatable bonds is 16. The average Bonchev–Trinajstić information content (AvgIpc) is 2.52. The third kappa shape index (κ3) is 14.7. The second-order valence-electron chi connectivity index (χ2n) is 6.32. The molecule has 0 aromatic heterocycles. The van der Waals surface area contributed by atoms with E-state index in [1.165, 1.54) is 57.8 Å². The summed E-state index contributed by atoms with van der Waals surface area (Å²) in [6.07, 6.45) is 12.8. The van der Waals surface area contributed by atoms with Crippen LogP contribution in [0.5, 0.6) is 0 Å². The van der Waals surface area contributed by atoms with Gasteiger partial charge in [0.15, 0.2) is 6.29 Å². The Balaban J connectivity index is 3.38. The molecule has 2 atom stereocenters. The van der Waals surface area contributed by atoms with Gasteiger partial charge < -0.3 is 14.8 Å². The number of hydrogen-bond donors (Lipinski definition) is 1. The summed E-state index contributed by atoms with van der Waals surface area (Å²) in [4.78, 5) is 11.8. The molecule has 4 heteroatoms. The first-order chi connectivity index (χ1) is 11.1. The van der Waals surface area contributed by atoms with Crippen molar-refractivity contribution in [2.24, 2.45) is 0 Å². The van der Waals surface area contributed by atoms with Gasteiger partial charge in [-0.25, -0.2) is 0 Å². The molecule has 0 aliphatic rings. The first kappa shape index (κ1) is 22.4. The predicted molar refractivity (Wildman–Crippen MR) is 96.5 cm³/mol. The molecule has 0 heterocycles. The molecule has 0 bridgehead atoms. The molecule has 0 radical (unpaired) electrons. The van der Waals surface area contributed by atoms with Crippen molar-refractivity contribution in [2.45, 2.75) is 104 Å². The molecule has 0 rings (SSSR count). The Labute approximate surface area is 143 Å². The SMILES string of the molecule is CCCCCCCCCCCCNC(C)C(=O)OC(C)OCC. The molecule has 1 N–H and O–H groups in total. The number of carbonyl (C=O) groups excluding carboxylic acids is 1. The first-order valence-electron chi connectivity index (χ1n) is 9.67. The van der Waals surface area contributed by atoms with E-state index in [-0.39, 0.29) is 12.0 Å². The number of carbonyl (C=O) groups is 1. The van der Waals surface area contributed by atoms with Crippen molar-refractivity contribution in [3.05, 3.63) is 0 Å². The summed E-state index contributed by atoms with van der Waals surface area (Å²) in [5, 5.41) is 3.22. The summed E-state index contributed by atoms with van der Waals surface area (Å²) in [5.74, 6) is -0.238. The van der Waals surface area contributed by atoms with Crippen LogP contribution in [0.2, 0.25) is 0 Å². The van der Waals surface area contributed by atoms with E-state index >= 15 is 0 Å². The van der Waals surface area contributed by atoms with E-state index in [0.29, 0.717) is 6.61 Å². The molecule has 4 nitrogen and oxygen atoms in total. The summed E-state index contributed by atoms with van der Waals surface area (Å²) >= 11 is 0. The van der Waals surface area contributed by atoms with Gasteiger partial charge in [0, 0.05) is 6.61 Å². The summed E-state index contributed by atoms with van der Waals surface area (Å²) in [6.45, 7) is 9.16. The fourth-order valence-electron chi connectivity index (χ4n) is 2.55. The maximum atomic E-state index is 11.8. The molecular weight excluding hydrogens is 290 g/mol. The lowest BCUT2D eigenvalue weighted by molar-refractivity contribution is -0.175. The molecule has 2 unspecified atom stereocenters. The Kier molecular flexibility index (Phi) is 15.8. The van der Waals surface area contributed by atoms with Gasteiger partial charge in [-0.3, -0.25) is 4.79 Å². The van der Waals surface area contributed by atoms with Crippen LogP contribution in [0.15, 0.2) is 0 Å². The van der Waals surface area contributed by atoms with Crippen LogP contribution in [0.3, 0.4) is 0 Å². The molecule has 0 fully saturated rings. The Bertz CT molecular complexity index is 271. The van der Waals surface area contributed by atoms with Gasteiger partial charge in [0.25, 0.3) is 0 Å². The highest BCUT2D eigenvalue weighted by Crippen LogP contribution is 2.10. The van der Waals surface area contributed by atoms with Crippen LogP contribution in [-0.2, 0) is 14.3 Å². The van der Waals surface area contributed by atoms with Crippen molar-refractivity contribution in [3.8, 4) is 0 Å². The number of nitrogens with one attached hydrogen (secondary N) is 1. The van der Waals surface area contributed by atoms with E-state index in [1.807, 2.05) is 13.8 Å². The van der Waals surface area contributed by atoms with E-state index in [4.69, 9.17) is 9.47 Å². The maximum Gasteiger partial charge on any atom is 0.325 e. The van der Waals surface area contributed by atoms with Crippen molar-refractivity contribution < 1.29 is 14.3 Å². The Morgan fingerprint density at radius 3 is 1.91 bits per heavy atom. The highest BCUT2D eigenvalue weighted by molar-refractivity contribution is 5.75. The van der Waals surface area contributed by atoms with Crippen LogP contribution >= 0.6 is 0 Å². The molecule has 0 spiro atoms. The summed E-state index contributed by atoms with van der Waals surface area (Å²) in [6, 6.07) is -0.267. The van der Waals surface area contributed by atoms with Crippen LogP contribution in [0.1, 0.15) is 91.9 Å². The lowest BCUT2D eigenvalue weighted by Gasteiger charge is -2.17. The second kappa shape index (κ2) is 16.3. The molecule has 0 aliphatic carbocycles. The van der Waals surface area contributed by atoms with Gasteiger partial charge in [0.05, 0.1) is 0 Å². The minimum atomic E-state index is -0.464. The normalized spacial score (nSPS) is 13.7. The number of ether oxygens (including phenoxy) is 2. The van der Waals surface area contributed by atoms with E-state index < -0.39 is 6.29 Å². The second-order valence-corrected chi connectivity index (χ2v) is 6.32. The summed E-state index contributed by atoms with van der Waals surface area (Å²) in [7, 11) is 0. The van der Waals surface area contributed by atoms with Crippen LogP contribution in [0.25, 0.3) is 0 Å². The predicted octanol–water partition coefficient (Wildman–Crippen LogP) is 4.81. The van der Waals surface area contributed by atoms with Gasteiger partial charge in [-0.1, -0.05) is 64.7 Å². The van der Waals surface area contributed by atoms with Gasteiger partial charge in [0.2, 0.25) is 0 Å². The molecular formula is C19H39NO3. The van der Waals surface area contributed by atoms with Crippen molar-refractivity contribution in [3.63, 3.8) is 0 Å².